The molecule has 3 rings (SSSR count). The van der Waals surface area contributed by atoms with Crippen molar-refractivity contribution in [2.75, 3.05) is 31.9 Å². The van der Waals surface area contributed by atoms with Gasteiger partial charge in [0.2, 0.25) is 5.91 Å². The van der Waals surface area contributed by atoms with E-state index in [2.05, 4.69) is 6.92 Å². The molecule has 2 heterocycles. The van der Waals surface area contributed by atoms with Crippen LogP contribution >= 0.6 is 11.8 Å². The minimum atomic E-state index is 0.110. The smallest absolute Gasteiger partial charge is 0.254 e. The maximum Gasteiger partial charge on any atom is 0.254 e. The molecule has 1 aromatic carbocycles. The third-order valence-electron chi connectivity index (χ3n) is 5.00. The number of thioether (sulfide) groups is 1. The van der Waals surface area contributed by atoms with Gasteiger partial charge in [0.25, 0.3) is 5.91 Å². The highest BCUT2D eigenvalue weighted by Crippen LogP contribution is 2.26. The van der Waals surface area contributed by atoms with Gasteiger partial charge in [-0.05, 0) is 43.7 Å². The maximum atomic E-state index is 12.8. The summed E-state index contributed by atoms with van der Waals surface area (Å²) in [6.07, 6.45) is 4.38. The van der Waals surface area contributed by atoms with Crippen LogP contribution in [0.15, 0.2) is 29.2 Å². The molecule has 2 aliphatic heterocycles. The molecule has 0 aromatic heterocycles. The lowest BCUT2D eigenvalue weighted by Gasteiger charge is -2.30. The largest absolute Gasteiger partial charge is 0.342 e. The molecule has 4 nitrogen and oxygen atoms in total. The molecule has 0 spiro atoms. The van der Waals surface area contributed by atoms with E-state index in [1.54, 1.807) is 0 Å². The van der Waals surface area contributed by atoms with Crippen LogP contribution in [0.3, 0.4) is 0 Å². The summed E-state index contributed by atoms with van der Waals surface area (Å²) in [6.45, 7) is 5.69. The minimum Gasteiger partial charge on any atom is -0.342 e. The van der Waals surface area contributed by atoms with Crippen molar-refractivity contribution in [1.82, 2.24) is 9.80 Å². The molecule has 0 atom stereocenters. The lowest BCUT2D eigenvalue weighted by atomic mass is 9.98. The number of benzene rings is 1. The summed E-state index contributed by atoms with van der Waals surface area (Å²) < 4.78 is 0. The second-order valence-corrected chi connectivity index (χ2v) is 7.86. The highest BCUT2D eigenvalue weighted by atomic mass is 32.2. The van der Waals surface area contributed by atoms with E-state index in [4.69, 9.17) is 0 Å². The summed E-state index contributed by atoms with van der Waals surface area (Å²) in [5, 5.41) is 0. The zero-order valence-electron chi connectivity index (χ0n) is 14.4. The minimum absolute atomic E-state index is 0.110. The Bertz CT molecular complexity index is 591. The standard InChI is InChI=1S/C19H26N2O2S/c1-15-8-12-21(13-9-15)19(23)16-6-2-3-7-17(16)24-14-18(22)20-10-4-5-11-20/h2-3,6-7,15H,4-5,8-14H2,1H3. The summed E-state index contributed by atoms with van der Waals surface area (Å²) in [5.41, 5.74) is 0.742. The van der Waals surface area contributed by atoms with Crippen LogP contribution in [0.4, 0.5) is 0 Å². The summed E-state index contributed by atoms with van der Waals surface area (Å²) in [5.74, 6) is 1.42. The Hall–Kier alpha value is -1.49. The third kappa shape index (κ3) is 4.12. The van der Waals surface area contributed by atoms with Crippen LogP contribution in [0.2, 0.25) is 0 Å². The normalized spacial score (nSPS) is 18.9. The predicted octanol–water partition coefficient (Wildman–Crippen LogP) is 3.27. The van der Waals surface area contributed by atoms with E-state index in [1.807, 2.05) is 34.1 Å². The SMILES string of the molecule is CC1CCN(C(=O)c2ccccc2SCC(=O)N2CCCC2)CC1. The molecule has 0 unspecified atom stereocenters. The maximum absolute atomic E-state index is 12.8. The predicted molar refractivity (Wildman–Crippen MR) is 97.3 cm³/mol. The van der Waals surface area contributed by atoms with Crippen LogP contribution in [0, 0.1) is 5.92 Å². The molecule has 2 aliphatic rings. The monoisotopic (exact) mass is 346 g/mol. The van der Waals surface area contributed by atoms with E-state index >= 15 is 0 Å². The zero-order valence-corrected chi connectivity index (χ0v) is 15.2. The average Bonchev–Trinajstić information content (AvgIpc) is 3.15. The van der Waals surface area contributed by atoms with Crippen LogP contribution in [0.1, 0.15) is 43.0 Å². The molecule has 2 amide bonds. The van der Waals surface area contributed by atoms with Gasteiger partial charge in [-0.2, -0.15) is 0 Å². The van der Waals surface area contributed by atoms with Crippen LogP contribution in [0.5, 0.6) is 0 Å². The van der Waals surface area contributed by atoms with Crippen LogP contribution in [-0.2, 0) is 4.79 Å². The highest BCUT2D eigenvalue weighted by molar-refractivity contribution is 8.00. The Morgan fingerprint density at radius 3 is 2.42 bits per heavy atom. The first kappa shape index (κ1) is 17.3. The zero-order chi connectivity index (χ0) is 16.9. The second-order valence-electron chi connectivity index (χ2n) is 6.85. The molecular formula is C19H26N2O2S. The first-order valence-electron chi connectivity index (χ1n) is 8.94. The van der Waals surface area contributed by atoms with Crippen molar-refractivity contribution in [1.29, 1.82) is 0 Å². The van der Waals surface area contributed by atoms with Gasteiger partial charge in [-0.3, -0.25) is 9.59 Å². The number of carbonyl (C=O) groups is 2. The van der Waals surface area contributed by atoms with Crippen molar-refractivity contribution in [2.45, 2.75) is 37.5 Å². The van der Waals surface area contributed by atoms with Gasteiger partial charge in [-0.1, -0.05) is 19.1 Å². The Morgan fingerprint density at radius 1 is 1.04 bits per heavy atom. The van der Waals surface area contributed by atoms with Crippen molar-refractivity contribution in [3.8, 4) is 0 Å². The number of hydrogen-bond donors (Lipinski definition) is 0. The fourth-order valence-corrected chi connectivity index (χ4v) is 4.30. The number of carbonyl (C=O) groups excluding carboxylic acids is 2. The number of amides is 2. The molecule has 0 bridgehead atoms. The molecule has 0 saturated carbocycles. The number of nitrogens with zero attached hydrogens (tertiary/aromatic N) is 2. The van der Waals surface area contributed by atoms with Crippen molar-refractivity contribution >= 4 is 23.6 Å². The first-order chi connectivity index (χ1) is 11.6. The van der Waals surface area contributed by atoms with E-state index in [9.17, 15) is 9.59 Å². The van der Waals surface area contributed by atoms with Crippen molar-refractivity contribution < 1.29 is 9.59 Å². The van der Waals surface area contributed by atoms with Crippen molar-refractivity contribution in [3.05, 3.63) is 29.8 Å². The van der Waals surface area contributed by atoms with Gasteiger partial charge in [0.05, 0.1) is 11.3 Å². The molecule has 2 saturated heterocycles. The number of rotatable bonds is 4. The Labute approximate surface area is 148 Å². The van der Waals surface area contributed by atoms with Crippen LogP contribution < -0.4 is 0 Å². The number of piperidine rings is 1. The quantitative estimate of drug-likeness (QED) is 0.786. The summed E-state index contributed by atoms with van der Waals surface area (Å²) in [4.78, 5) is 29.9. The van der Waals surface area contributed by atoms with Gasteiger partial charge in [0.1, 0.15) is 0 Å². The van der Waals surface area contributed by atoms with Gasteiger partial charge in [0.15, 0.2) is 0 Å². The Morgan fingerprint density at radius 2 is 1.71 bits per heavy atom. The Kier molecular flexibility index (Phi) is 5.82. The first-order valence-corrected chi connectivity index (χ1v) is 9.92. The highest BCUT2D eigenvalue weighted by Gasteiger charge is 2.24. The summed E-state index contributed by atoms with van der Waals surface area (Å²) >= 11 is 1.50. The van der Waals surface area contributed by atoms with Gasteiger partial charge >= 0.3 is 0 Å². The topological polar surface area (TPSA) is 40.6 Å². The van der Waals surface area contributed by atoms with Gasteiger partial charge < -0.3 is 9.80 Å². The van der Waals surface area contributed by atoms with Gasteiger partial charge in [0, 0.05) is 31.1 Å². The number of likely N-dealkylation sites (tertiary alicyclic amines) is 2. The fraction of sp³-hybridized carbons (Fsp3) is 0.579. The molecule has 130 valence electrons. The number of hydrogen-bond acceptors (Lipinski definition) is 3. The molecule has 0 radical (unpaired) electrons. The molecular weight excluding hydrogens is 320 g/mol. The van der Waals surface area contributed by atoms with E-state index in [1.165, 1.54) is 11.8 Å². The van der Waals surface area contributed by atoms with Gasteiger partial charge in [-0.25, -0.2) is 0 Å². The molecule has 24 heavy (non-hydrogen) atoms. The second kappa shape index (κ2) is 8.06. The van der Waals surface area contributed by atoms with Gasteiger partial charge in [-0.15, -0.1) is 11.8 Å². The molecule has 0 N–H and O–H groups in total. The van der Waals surface area contributed by atoms with E-state index < -0.39 is 0 Å². The van der Waals surface area contributed by atoms with Crippen LogP contribution in [0.25, 0.3) is 0 Å². The lowest BCUT2D eigenvalue weighted by Crippen LogP contribution is -2.38. The fourth-order valence-electron chi connectivity index (χ4n) is 3.35. The van der Waals surface area contributed by atoms with Crippen molar-refractivity contribution in [2.24, 2.45) is 5.92 Å². The van der Waals surface area contributed by atoms with Crippen molar-refractivity contribution in [3.63, 3.8) is 0 Å². The van der Waals surface area contributed by atoms with E-state index in [-0.39, 0.29) is 11.8 Å². The molecule has 0 aliphatic carbocycles. The van der Waals surface area contributed by atoms with E-state index in [0.29, 0.717) is 11.7 Å². The molecule has 1 aromatic rings. The summed E-state index contributed by atoms with van der Waals surface area (Å²) in [7, 11) is 0. The Balaban J connectivity index is 1.64. The summed E-state index contributed by atoms with van der Waals surface area (Å²) in [6, 6.07) is 7.70. The lowest BCUT2D eigenvalue weighted by molar-refractivity contribution is -0.127. The molecule has 5 heteroatoms. The van der Waals surface area contributed by atoms with Crippen LogP contribution in [-0.4, -0.2) is 53.5 Å². The molecule has 2 fully saturated rings. The van der Waals surface area contributed by atoms with E-state index in [0.717, 1.165) is 62.3 Å². The average molecular weight is 346 g/mol. The third-order valence-corrected chi connectivity index (χ3v) is 6.06.